The van der Waals surface area contributed by atoms with Gasteiger partial charge in [0.2, 0.25) is 0 Å². The summed E-state index contributed by atoms with van der Waals surface area (Å²) < 4.78 is 27.1. The van der Waals surface area contributed by atoms with Crippen molar-refractivity contribution < 1.29 is 18.3 Å². The predicted molar refractivity (Wildman–Crippen MR) is 51.4 cm³/mol. The summed E-state index contributed by atoms with van der Waals surface area (Å²) in [5.41, 5.74) is 0. The predicted octanol–water partition coefficient (Wildman–Crippen LogP) is 0.205. The van der Waals surface area contributed by atoms with Gasteiger partial charge in [-0.3, -0.25) is 0 Å². The summed E-state index contributed by atoms with van der Waals surface area (Å²) in [6.07, 6.45) is 0.162. The van der Waals surface area contributed by atoms with E-state index in [2.05, 4.69) is 0 Å². The van der Waals surface area contributed by atoms with Crippen LogP contribution in [-0.2, 0) is 14.6 Å². The molecule has 0 heterocycles. The van der Waals surface area contributed by atoms with Gasteiger partial charge in [-0.25, -0.2) is 8.42 Å². The van der Waals surface area contributed by atoms with Crippen molar-refractivity contribution in [3.05, 3.63) is 0 Å². The molecule has 13 heavy (non-hydrogen) atoms. The highest BCUT2D eigenvalue weighted by molar-refractivity contribution is 7.91. The maximum Gasteiger partial charge on any atom is 0.152 e. The molecule has 0 aromatic carbocycles. The van der Waals surface area contributed by atoms with Gasteiger partial charge in [-0.2, -0.15) is 0 Å². The summed E-state index contributed by atoms with van der Waals surface area (Å²) in [5.74, 6) is 0. The molecule has 0 aromatic rings. The molecule has 0 fully saturated rings. The van der Waals surface area contributed by atoms with Gasteiger partial charge >= 0.3 is 0 Å². The topological polar surface area (TPSA) is 63.6 Å². The Morgan fingerprint density at radius 1 is 1.31 bits per heavy atom. The van der Waals surface area contributed by atoms with Crippen LogP contribution < -0.4 is 0 Å². The molecule has 0 aliphatic carbocycles. The van der Waals surface area contributed by atoms with E-state index in [-0.39, 0.29) is 12.7 Å². The highest BCUT2D eigenvalue weighted by Gasteiger charge is 2.24. The van der Waals surface area contributed by atoms with E-state index in [0.717, 1.165) is 6.26 Å². The summed E-state index contributed by atoms with van der Waals surface area (Å²) in [4.78, 5) is 0. The van der Waals surface area contributed by atoms with Crippen LogP contribution in [-0.4, -0.2) is 43.8 Å². The fourth-order valence-electron chi connectivity index (χ4n) is 0.712. The maximum atomic E-state index is 11.0. The van der Waals surface area contributed by atoms with Gasteiger partial charge in [0.25, 0.3) is 0 Å². The minimum Gasteiger partial charge on any atom is -0.389 e. The lowest BCUT2D eigenvalue weighted by Gasteiger charge is -2.18. The number of hydrogen-bond acceptors (Lipinski definition) is 4. The van der Waals surface area contributed by atoms with Crippen molar-refractivity contribution in [2.75, 3.05) is 12.9 Å². The van der Waals surface area contributed by atoms with Crippen molar-refractivity contribution in [2.24, 2.45) is 0 Å². The van der Waals surface area contributed by atoms with Crippen molar-refractivity contribution >= 4 is 9.84 Å². The molecule has 1 N–H and O–H groups in total. The second-order valence-electron chi connectivity index (χ2n) is 3.48. The van der Waals surface area contributed by atoms with Crippen LogP contribution in [0.2, 0.25) is 0 Å². The molecule has 0 saturated heterocycles. The van der Waals surface area contributed by atoms with Gasteiger partial charge in [0.05, 0.1) is 24.1 Å². The zero-order valence-corrected chi connectivity index (χ0v) is 9.34. The van der Waals surface area contributed by atoms with Gasteiger partial charge in [-0.05, 0) is 20.8 Å². The van der Waals surface area contributed by atoms with Crippen molar-refractivity contribution in [1.29, 1.82) is 0 Å². The number of rotatable bonds is 5. The smallest absolute Gasteiger partial charge is 0.152 e. The Bertz CT molecular complexity index is 233. The minimum absolute atomic E-state index is 0.00131. The van der Waals surface area contributed by atoms with E-state index in [1.807, 2.05) is 13.8 Å². The average molecular weight is 210 g/mol. The third-order valence-corrected chi connectivity index (χ3v) is 3.48. The second kappa shape index (κ2) is 4.93. The van der Waals surface area contributed by atoms with E-state index >= 15 is 0 Å². The Morgan fingerprint density at radius 3 is 2.08 bits per heavy atom. The first-order chi connectivity index (χ1) is 5.75. The lowest BCUT2D eigenvalue weighted by molar-refractivity contribution is 0.00602. The molecule has 80 valence electrons. The van der Waals surface area contributed by atoms with Crippen molar-refractivity contribution in [3.63, 3.8) is 0 Å². The van der Waals surface area contributed by atoms with Crippen molar-refractivity contribution in [1.82, 2.24) is 0 Å². The molecule has 0 aromatic heterocycles. The van der Waals surface area contributed by atoms with Crippen LogP contribution >= 0.6 is 0 Å². The van der Waals surface area contributed by atoms with Crippen LogP contribution in [0.15, 0.2) is 0 Å². The summed E-state index contributed by atoms with van der Waals surface area (Å²) in [7, 11) is -3.18. The highest BCUT2D eigenvalue weighted by atomic mass is 32.2. The van der Waals surface area contributed by atoms with Gasteiger partial charge < -0.3 is 9.84 Å². The van der Waals surface area contributed by atoms with Gasteiger partial charge in [-0.1, -0.05) is 0 Å². The maximum absolute atomic E-state index is 11.0. The molecule has 4 nitrogen and oxygen atoms in total. The molecule has 5 heteroatoms. The van der Waals surface area contributed by atoms with E-state index in [1.165, 1.54) is 6.92 Å². The first-order valence-corrected chi connectivity index (χ1v) is 6.19. The Kier molecular flexibility index (Phi) is 4.88. The molecule has 0 bridgehead atoms. The van der Waals surface area contributed by atoms with E-state index in [4.69, 9.17) is 4.74 Å². The van der Waals surface area contributed by atoms with Gasteiger partial charge in [-0.15, -0.1) is 0 Å². The number of ether oxygens (including phenoxy) is 1. The monoisotopic (exact) mass is 210 g/mol. The number of hydrogen-bond donors (Lipinski definition) is 1. The van der Waals surface area contributed by atoms with Crippen molar-refractivity contribution in [3.8, 4) is 0 Å². The second-order valence-corrected chi connectivity index (χ2v) is 5.89. The number of sulfone groups is 1. The Labute approximate surface area is 79.8 Å². The third-order valence-electron chi connectivity index (χ3n) is 1.82. The van der Waals surface area contributed by atoms with Crippen LogP contribution in [0.4, 0.5) is 0 Å². The zero-order valence-electron chi connectivity index (χ0n) is 8.52. The van der Waals surface area contributed by atoms with Gasteiger partial charge in [0.15, 0.2) is 9.84 Å². The third kappa shape index (κ3) is 5.23. The molecule has 0 aliphatic rings. The first kappa shape index (κ1) is 12.9. The highest BCUT2D eigenvalue weighted by Crippen LogP contribution is 2.05. The van der Waals surface area contributed by atoms with E-state index in [0.29, 0.717) is 0 Å². The molecule has 2 unspecified atom stereocenters. The van der Waals surface area contributed by atoms with Crippen LogP contribution in [0.25, 0.3) is 0 Å². The van der Waals surface area contributed by atoms with Crippen LogP contribution in [0.5, 0.6) is 0 Å². The van der Waals surface area contributed by atoms with Crippen molar-refractivity contribution in [2.45, 2.75) is 38.2 Å². The molecule has 0 rings (SSSR count). The molecule has 0 radical (unpaired) electrons. The van der Waals surface area contributed by atoms with Crippen LogP contribution in [0, 0.1) is 0 Å². The van der Waals surface area contributed by atoms with Gasteiger partial charge in [0, 0.05) is 6.26 Å². The summed E-state index contributed by atoms with van der Waals surface area (Å²) >= 11 is 0. The molecular weight excluding hydrogens is 192 g/mol. The van der Waals surface area contributed by atoms with Crippen LogP contribution in [0.1, 0.15) is 20.8 Å². The Morgan fingerprint density at radius 2 is 1.77 bits per heavy atom. The SMILES string of the molecule is CC(C)OCC(O)C(C)S(C)(=O)=O. The normalized spacial score (nSPS) is 17.4. The van der Waals surface area contributed by atoms with E-state index < -0.39 is 21.2 Å². The quantitative estimate of drug-likeness (QED) is 0.704. The molecule has 0 spiro atoms. The lowest BCUT2D eigenvalue weighted by atomic mass is 10.3. The summed E-state index contributed by atoms with van der Waals surface area (Å²) in [6.45, 7) is 5.20. The first-order valence-electron chi connectivity index (χ1n) is 4.23. The Balaban J connectivity index is 4.05. The molecule has 2 atom stereocenters. The largest absolute Gasteiger partial charge is 0.389 e. The van der Waals surface area contributed by atoms with E-state index in [1.54, 1.807) is 0 Å². The fourth-order valence-corrected chi connectivity index (χ4v) is 1.36. The molecule has 0 aliphatic heterocycles. The summed E-state index contributed by atoms with van der Waals surface area (Å²) in [6, 6.07) is 0. The average Bonchev–Trinajstić information content (AvgIpc) is 1.96. The number of aliphatic hydroxyl groups excluding tert-OH is 1. The van der Waals surface area contributed by atoms with E-state index in [9.17, 15) is 13.5 Å². The standard InChI is InChI=1S/C8H18O4S/c1-6(2)12-5-8(9)7(3)13(4,10)11/h6-9H,5H2,1-4H3. The Hall–Kier alpha value is -0.130. The minimum atomic E-state index is -3.18. The molecular formula is C8H18O4S. The summed E-state index contributed by atoms with van der Waals surface area (Å²) in [5, 5.41) is 8.63. The number of aliphatic hydroxyl groups is 1. The molecule has 0 amide bonds. The fraction of sp³-hybridized carbons (Fsp3) is 1.00. The zero-order chi connectivity index (χ0) is 10.6. The van der Waals surface area contributed by atoms with Crippen LogP contribution in [0.3, 0.4) is 0 Å². The van der Waals surface area contributed by atoms with Gasteiger partial charge in [0.1, 0.15) is 0 Å². The molecule has 0 saturated carbocycles. The lowest BCUT2D eigenvalue weighted by Crippen LogP contribution is -2.35.